The lowest BCUT2D eigenvalue weighted by Gasteiger charge is -2.31. The van der Waals surface area contributed by atoms with E-state index in [9.17, 15) is 9.59 Å². The summed E-state index contributed by atoms with van der Waals surface area (Å²) >= 11 is 0. The van der Waals surface area contributed by atoms with E-state index >= 15 is 0 Å². The Hall–Kier alpha value is -3.71. The number of amides is 2. The number of ether oxygens (including phenoxy) is 1. The Kier molecular flexibility index (Phi) is 7.09. The number of carbonyl (C=O) groups excluding carboxylic acids is 2. The number of anilines is 1. The maximum atomic E-state index is 12.6. The van der Waals surface area contributed by atoms with Crippen molar-refractivity contribution in [2.45, 2.75) is 18.9 Å². The fourth-order valence-electron chi connectivity index (χ4n) is 3.61. The third kappa shape index (κ3) is 6.15. The van der Waals surface area contributed by atoms with E-state index in [-0.39, 0.29) is 17.9 Å². The number of para-hydroxylation sites is 2. The molecule has 32 heavy (non-hydrogen) atoms. The lowest BCUT2D eigenvalue weighted by molar-refractivity contribution is -0.117. The van der Waals surface area contributed by atoms with Crippen LogP contribution in [0.2, 0.25) is 0 Å². The maximum absolute atomic E-state index is 12.6. The monoisotopic (exact) mass is 430 g/mol. The lowest BCUT2D eigenvalue weighted by atomic mass is 10.0. The number of nitrogens with one attached hydrogen (secondary N) is 2. The van der Waals surface area contributed by atoms with Crippen LogP contribution in [0, 0.1) is 0 Å². The van der Waals surface area contributed by atoms with Crippen LogP contribution in [0.15, 0.2) is 79.0 Å². The van der Waals surface area contributed by atoms with Gasteiger partial charge in [-0.1, -0.05) is 36.4 Å². The molecule has 2 amide bonds. The maximum Gasteiger partial charge on any atom is 0.253 e. The summed E-state index contributed by atoms with van der Waals surface area (Å²) in [5.41, 5.74) is 1.29. The molecular weight excluding hydrogens is 404 g/mol. The Labute approximate surface area is 187 Å². The van der Waals surface area contributed by atoms with Crippen LogP contribution in [0.3, 0.4) is 0 Å². The second-order valence-electron chi connectivity index (χ2n) is 7.74. The van der Waals surface area contributed by atoms with E-state index in [1.165, 1.54) is 6.20 Å². The fraction of sp³-hybridized carbons (Fsp3) is 0.240. The molecule has 1 fully saturated rings. The van der Waals surface area contributed by atoms with Crippen LogP contribution in [-0.2, 0) is 4.79 Å². The number of nitrogens with zero attached hydrogens (tertiary/aromatic N) is 2. The van der Waals surface area contributed by atoms with Gasteiger partial charge in [0.25, 0.3) is 5.91 Å². The third-order valence-corrected chi connectivity index (χ3v) is 5.31. The summed E-state index contributed by atoms with van der Waals surface area (Å²) < 4.78 is 5.66. The summed E-state index contributed by atoms with van der Waals surface area (Å²) in [7, 11) is 0. The number of hydrogen-bond acceptors (Lipinski definition) is 5. The number of carbonyl (C=O) groups is 2. The van der Waals surface area contributed by atoms with E-state index in [2.05, 4.69) is 20.5 Å². The molecule has 0 bridgehead atoms. The first-order valence-electron chi connectivity index (χ1n) is 10.7. The van der Waals surface area contributed by atoms with E-state index in [0.717, 1.165) is 31.6 Å². The minimum atomic E-state index is -0.149. The molecule has 1 aliphatic heterocycles. The molecule has 1 aromatic heterocycles. The molecule has 2 N–H and O–H groups in total. The van der Waals surface area contributed by atoms with Crippen LogP contribution < -0.4 is 15.4 Å². The van der Waals surface area contributed by atoms with Gasteiger partial charge < -0.3 is 15.4 Å². The van der Waals surface area contributed by atoms with E-state index in [1.54, 1.807) is 12.1 Å². The van der Waals surface area contributed by atoms with Gasteiger partial charge in [-0.15, -0.1) is 0 Å². The van der Waals surface area contributed by atoms with Crippen molar-refractivity contribution >= 4 is 17.5 Å². The predicted octanol–water partition coefficient (Wildman–Crippen LogP) is 3.71. The summed E-state index contributed by atoms with van der Waals surface area (Å²) in [5.74, 6) is 0.961. The molecule has 0 saturated carbocycles. The lowest BCUT2D eigenvalue weighted by Crippen LogP contribution is -2.46. The zero-order valence-corrected chi connectivity index (χ0v) is 17.7. The van der Waals surface area contributed by atoms with Gasteiger partial charge in [0.2, 0.25) is 11.8 Å². The molecule has 164 valence electrons. The van der Waals surface area contributed by atoms with Crippen LogP contribution in [0.4, 0.5) is 5.69 Å². The predicted molar refractivity (Wildman–Crippen MR) is 123 cm³/mol. The topological polar surface area (TPSA) is 83.6 Å². The normalized spacial score (nSPS) is 14.5. The van der Waals surface area contributed by atoms with Gasteiger partial charge in [0.1, 0.15) is 5.75 Å². The molecule has 7 nitrogen and oxygen atoms in total. The number of aromatic nitrogens is 1. The van der Waals surface area contributed by atoms with Crippen molar-refractivity contribution in [1.82, 2.24) is 15.2 Å². The van der Waals surface area contributed by atoms with Crippen LogP contribution in [-0.4, -0.2) is 47.4 Å². The van der Waals surface area contributed by atoms with Gasteiger partial charge in [-0.2, -0.15) is 0 Å². The molecular formula is C25H26N4O3. The minimum absolute atomic E-state index is 0.0254. The van der Waals surface area contributed by atoms with Gasteiger partial charge in [-0.05, 0) is 43.2 Å². The Morgan fingerprint density at radius 1 is 0.938 bits per heavy atom. The van der Waals surface area contributed by atoms with Gasteiger partial charge in [-0.3, -0.25) is 14.5 Å². The number of benzene rings is 2. The van der Waals surface area contributed by atoms with Crippen molar-refractivity contribution in [3.63, 3.8) is 0 Å². The number of hydrogen-bond donors (Lipinski definition) is 2. The van der Waals surface area contributed by atoms with Gasteiger partial charge in [0, 0.05) is 37.1 Å². The highest BCUT2D eigenvalue weighted by atomic mass is 16.5. The van der Waals surface area contributed by atoms with Gasteiger partial charge in [-0.25, -0.2) is 4.98 Å². The van der Waals surface area contributed by atoms with E-state index in [0.29, 0.717) is 23.7 Å². The van der Waals surface area contributed by atoms with Crippen LogP contribution in [0.25, 0.3) is 0 Å². The first kappa shape index (κ1) is 21.5. The average Bonchev–Trinajstić information content (AvgIpc) is 2.82. The van der Waals surface area contributed by atoms with Crippen molar-refractivity contribution in [1.29, 1.82) is 0 Å². The van der Waals surface area contributed by atoms with Crippen molar-refractivity contribution in [2.24, 2.45) is 0 Å². The molecule has 3 aromatic rings. The van der Waals surface area contributed by atoms with Crippen molar-refractivity contribution < 1.29 is 14.3 Å². The molecule has 2 aromatic carbocycles. The third-order valence-electron chi connectivity index (χ3n) is 5.31. The summed E-state index contributed by atoms with van der Waals surface area (Å²) in [5, 5.41) is 5.98. The van der Waals surface area contributed by atoms with Crippen molar-refractivity contribution in [3.8, 4) is 11.6 Å². The highest BCUT2D eigenvalue weighted by Crippen LogP contribution is 2.19. The smallest absolute Gasteiger partial charge is 0.253 e. The van der Waals surface area contributed by atoms with Crippen LogP contribution in [0.5, 0.6) is 11.6 Å². The molecule has 4 rings (SSSR count). The Morgan fingerprint density at radius 2 is 1.62 bits per heavy atom. The summed E-state index contributed by atoms with van der Waals surface area (Å²) in [6.07, 6.45) is 3.12. The summed E-state index contributed by atoms with van der Waals surface area (Å²) in [4.78, 5) is 31.1. The quantitative estimate of drug-likeness (QED) is 0.597. The molecule has 1 saturated heterocycles. The molecule has 0 aliphatic carbocycles. The zero-order valence-electron chi connectivity index (χ0n) is 17.7. The minimum Gasteiger partial charge on any atom is -0.439 e. The zero-order chi connectivity index (χ0) is 22.2. The van der Waals surface area contributed by atoms with Crippen molar-refractivity contribution in [3.05, 3.63) is 84.6 Å². The SMILES string of the molecule is O=C(CN1CCC(NC(=O)c2ccc(Oc3ccccc3)nc2)CC1)Nc1ccccc1. The van der Waals surface area contributed by atoms with Gasteiger partial charge in [0.05, 0.1) is 12.1 Å². The van der Waals surface area contributed by atoms with E-state index in [4.69, 9.17) is 4.74 Å². The van der Waals surface area contributed by atoms with Crippen LogP contribution in [0.1, 0.15) is 23.2 Å². The summed E-state index contributed by atoms with van der Waals surface area (Å²) in [6.45, 7) is 1.87. The van der Waals surface area contributed by atoms with Crippen molar-refractivity contribution in [2.75, 3.05) is 25.0 Å². The molecule has 0 unspecified atom stereocenters. The highest BCUT2D eigenvalue weighted by Gasteiger charge is 2.22. The molecule has 1 aliphatic rings. The van der Waals surface area contributed by atoms with Gasteiger partial charge in [0.15, 0.2) is 0 Å². The number of rotatable bonds is 7. The first-order valence-corrected chi connectivity index (χ1v) is 10.7. The van der Waals surface area contributed by atoms with Crippen LogP contribution >= 0.6 is 0 Å². The summed E-state index contributed by atoms with van der Waals surface area (Å²) in [6, 6.07) is 22.3. The second-order valence-corrected chi connectivity index (χ2v) is 7.74. The standard InChI is InChI=1S/C25H26N4O3/c30-23(27-20-7-3-1-4-8-20)18-29-15-13-21(14-16-29)28-25(31)19-11-12-24(26-17-19)32-22-9-5-2-6-10-22/h1-12,17,21H,13-16,18H2,(H,27,30)(H,28,31). The number of likely N-dealkylation sites (tertiary alicyclic amines) is 1. The first-order chi connectivity index (χ1) is 15.7. The number of piperidine rings is 1. The Balaban J connectivity index is 1.21. The molecule has 0 radical (unpaired) electrons. The molecule has 0 spiro atoms. The van der Waals surface area contributed by atoms with E-state index in [1.807, 2.05) is 60.7 Å². The molecule has 0 atom stereocenters. The largest absolute Gasteiger partial charge is 0.439 e. The van der Waals surface area contributed by atoms with Gasteiger partial charge >= 0.3 is 0 Å². The second kappa shape index (κ2) is 10.5. The fourth-order valence-corrected chi connectivity index (χ4v) is 3.61. The molecule has 7 heteroatoms. The Morgan fingerprint density at radius 3 is 2.28 bits per heavy atom. The Bertz CT molecular complexity index is 1020. The highest BCUT2D eigenvalue weighted by molar-refractivity contribution is 5.94. The number of pyridine rings is 1. The van der Waals surface area contributed by atoms with E-state index < -0.39 is 0 Å². The average molecular weight is 431 g/mol. The molecule has 2 heterocycles.